The summed E-state index contributed by atoms with van der Waals surface area (Å²) in [7, 11) is 0. The van der Waals surface area contributed by atoms with Gasteiger partial charge in [-0.25, -0.2) is 4.98 Å². The smallest absolute Gasteiger partial charge is 0.155 e. The van der Waals surface area contributed by atoms with Gasteiger partial charge in [-0.3, -0.25) is 5.10 Å². The van der Waals surface area contributed by atoms with Crippen LogP contribution in [-0.4, -0.2) is 28.3 Å². The van der Waals surface area contributed by atoms with Crippen molar-refractivity contribution in [2.24, 2.45) is 0 Å². The minimum atomic E-state index is 0.524. The number of rotatable bonds is 2. The molecule has 1 aromatic rings. The topological polar surface area (TPSA) is 53.6 Å². The number of hydrogen-bond donors (Lipinski definition) is 2. The van der Waals surface area contributed by atoms with Crippen LogP contribution < -0.4 is 5.32 Å². The van der Waals surface area contributed by atoms with Crippen molar-refractivity contribution in [3.8, 4) is 0 Å². The molecule has 0 aromatic carbocycles. The third-order valence-electron chi connectivity index (χ3n) is 3.40. The summed E-state index contributed by atoms with van der Waals surface area (Å²) in [5.74, 6) is 3.36. The molecule has 1 aliphatic heterocycles. The van der Waals surface area contributed by atoms with Crippen molar-refractivity contribution in [1.82, 2.24) is 20.5 Å². The van der Waals surface area contributed by atoms with Gasteiger partial charge in [0.25, 0.3) is 0 Å². The Bertz CT molecular complexity index is 321. The SMILES string of the molecule is C1CCC(c2n[nH]c(C3CC3)n2)CNC1. The van der Waals surface area contributed by atoms with Gasteiger partial charge < -0.3 is 5.32 Å². The molecule has 2 heterocycles. The molecule has 1 unspecified atom stereocenters. The predicted molar refractivity (Wildman–Crippen MR) is 57.8 cm³/mol. The van der Waals surface area contributed by atoms with Crippen LogP contribution in [0.3, 0.4) is 0 Å². The molecule has 2 fully saturated rings. The molecule has 1 atom stereocenters. The van der Waals surface area contributed by atoms with Gasteiger partial charge in [0.2, 0.25) is 0 Å². The maximum atomic E-state index is 4.63. The Balaban J connectivity index is 1.72. The highest BCUT2D eigenvalue weighted by Crippen LogP contribution is 2.38. The Morgan fingerprint density at radius 1 is 1.07 bits per heavy atom. The highest BCUT2D eigenvalue weighted by Gasteiger charge is 2.28. The number of hydrogen-bond acceptors (Lipinski definition) is 3. The number of nitrogens with zero attached hydrogens (tertiary/aromatic N) is 2. The average Bonchev–Trinajstić information content (AvgIpc) is 3.04. The zero-order valence-electron chi connectivity index (χ0n) is 9.00. The van der Waals surface area contributed by atoms with Gasteiger partial charge in [-0.05, 0) is 32.2 Å². The van der Waals surface area contributed by atoms with E-state index in [9.17, 15) is 0 Å². The minimum Gasteiger partial charge on any atom is -0.316 e. The highest BCUT2D eigenvalue weighted by molar-refractivity contribution is 5.07. The van der Waals surface area contributed by atoms with Crippen LogP contribution in [0.4, 0.5) is 0 Å². The van der Waals surface area contributed by atoms with Crippen molar-refractivity contribution in [1.29, 1.82) is 0 Å². The van der Waals surface area contributed by atoms with Crippen LogP contribution >= 0.6 is 0 Å². The second-order valence-electron chi connectivity index (χ2n) is 4.75. The van der Waals surface area contributed by atoms with Crippen LogP contribution in [0.2, 0.25) is 0 Å². The molecule has 3 rings (SSSR count). The summed E-state index contributed by atoms with van der Waals surface area (Å²) in [6.45, 7) is 2.19. The summed E-state index contributed by atoms with van der Waals surface area (Å²) in [6.07, 6.45) is 6.39. The fraction of sp³-hybridized carbons (Fsp3) is 0.818. The largest absolute Gasteiger partial charge is 0.316 e. The quantitative estimate of drug-likeness (QED) is 0.771. The molecule has 15 heavy (non-hydrogen) atoms. The lowest BCUT2D eigenvalue weighted by molar-refractivity contribution is 0.579. The molecule has 1 saturated heterocycles. The number of aromatic nitrogens is 3. The Morgan fingerprint density at radius 3 is 2.87 bits per heavy atom. The van der Waals surface area contributed by atoms with E-state index < -0.39 is 0 Å². The molecular formula is C11H18N4. The molecular weight excluding hydrogens is 188 g/mol. The Kier molecular flexibility index (Phi) is 2.44. The first kappa shape index (κ1) is 9.33. The van der Waals surface area contributed by atoms with E-state index >= 15 is 0 Å². The zero-order chi connectivity index (χ0) is 10.1. The van der Waals surface area contributed by atoms with E-state index in [0.717, 1.165) is 24.7 Å². The first-order chi connectivity index (χ1) is 7.43. The van der Waals surface area contributed by atoms with Crippen LogP contribution in [-0.2, 0) is 0 Å². The van der Waals surface area contributed by atoms with E-state index in [2.05, 4.69) is 20.5 Å². The van der Waals surface area contributed by atoms with E-state index in [-0.39, 0.29) is 0 Å². The van der Waals surface area contributed by atoms with Crippen molar-refractivity contribution >= 4 is 0 Å². The molecule has 0 radical (unpaired) electrons. The molecule has 2 aliphatic rings. The zero-order valence-corrected chi connectivity index (χ0v) is 9.00. The standard InChI is InChI=1S/C11H18N4/c1-2-6-12-7-9(3-1)11-13-10(14-15-11)8-4-5-8/h8-9,12H,1-7H2,(H,13,14,15). The Labute approximate surface area is 89.9 Å². The van der Waals surface area contributed by atoms with Crippen LogP contribution in [0.15, 0.2) is 0 Å². The van der Waals surface area contributed by atoms with Gasteiger partial charge in [-0.2, -0.15) is 5.10 Å². The summed E-state index contributed by atoms with van der Waals surface area (Å²) in [5.41, 5.74) is 0. The molecule has 1 aromatic heterocycles. The molecule has 1 saturated carbocycles. The molecule has 0 bridgehead atoms. The van der Waals surface area contributed by atoms with Gasteiger partial charge >= 0.3 is 0 Å². The molecule has 4 heteroatoms. The predicted octanol–water partition coefficient (Wildman–Crippen LogP) is 1.54. The minimum absolute atomic E-state index is 0.524. The third-order valence-corrected chi connectivity index (χ3v) is 3.40. The van der Waals surface area contributed by atoms with Gasteiger partial charge in [0.05, 0.1) is 0 Å². The van der Waals surface area contributed by atoms with E-state index in [0.29, 0.717) is 11.8 Å². The lowest BCUT2D eigenvalue weighted by atomic mass is 10.0. The normalized spacial score (nSPS) is 27.6. The number of nitrogens with one attached hydrogen (secondary N) is 2. The summed E-state index contributed by atoms with van der Waals surface area (Å²) in [5, 5.41) is 10.9. The van der Waals surface area contributed by atoms with E-state index in [1.54, 1.807) is 0 Å². The molecule has 2 N–H and O–H groups in total. The third kappa shape index (κ3) is 2.04. The van der Waals surface area contributed by atoms with Crippen molar-refractivity contribution < 1.29 is 0 Å². The molecule has 4 nitrogen and oxygen atoms in total. The Morgan fingerprint density at radius 2 is 2.00 bits per heavy atom. The van der Waals surface area contributed by atoms with Crippen molar-refractivity contribution in [2.45, 2.75) is 43.9 Å². The summed E-state index contributed by atoms with van der Waals surface area (Å²) in [6, 6.07) is 0. The van der Waals surface area contributed by atoms with Gasteiger partial charge in [-0.15, -0.1) is 0 Å². The molecule has 0 amide bonds. The molecule has 0 spiro atoms. The maximum Gasteiger partial charge on any atom is 0.155 e. The average molecular weight is 206 g/mol. The molecule has 82 valence electrons. The summed E-state index contributed by atoms with van der Waals surface area (Å²) in [4.78, 5) is 4.63. The molecule has 1 aliphatic carbocycles. The number of H-pyrrole nitrogens is 1. The van der Waals surface area contributed by atoms with Crippen LogP contribution in [0.1, 0.15) is 55.6 Å². The first-order valence-corrected chi connectivity index (χ1v) is 6.06. The lowest BCUT2D eigenvalue weighted by Gasteiger charge is -2.08. The van der Waals surface area contributed by atoms with E-state index in [1.165, 1.54) is 32.1 Å². The second-order valence-corrected chi connectivity index (χ2v) is 4.75. The van der Waals surface area contributed by atoms with Gasteiger partial charge in [0.15, 0.2) is 5.82 Å². The van der Waals surface area contributed by atoms with Crippen molar-refractivity contribution in [2.75, 3.05) is 13.1 Å². The van der Waals surface area contributed by atoms with E-state index in [1.807, 2.05) is 0 Å². The van der Waals surface area contributed by atoms with E-state index in [4.69, 9.17) is 0 Å². The number of aromatic amines is 1. The van der Waals surface area contributed by atoms with Crippen molar-refractivity contribution in [3.05, 3.63) is 11.6 Å². The Hall–Kier alpha value is -0.900. The first-order valence-electron chi connectivity index (χ1n) is 6.06. The van der Waals surface area contributed by atoms with Crippen LogP contribution in [0.5, 0.6) is 0 Å². The highest BCUT2D eigenvalue weighted by atomic mass is 15.2. The van der Waals surface area contributed by atoms with Crippen LogP contribution in [0.25, 0.3) is 0 Å². The van der Waals surface area contributed by atoms with Crippen molar-refractivity contribution in [3.63, 3.8) is 0 Å². The maximum absolute atomic E-state index is 4.63. The fourth-order valence-corrected chi connectivity index (χ4v) is 2.25. The second kappa shape index (κ2) is 3.93. The summed E-state index contributed by atoms with van der Waals surface area (Å²) < 4.78 is 0. The van der Waals surface area contributed by atoms with Gasteiger partial charge in [0, 0.05) is 18.4 Å². The van der Waals surface area contributed by atoms with Gasteiger partial charge in [0.1, 0.15) is 5.82 Å². The fourth-order valence-electron chi connectivity index (χ4n) is 2.25. The van der Waals surface area contributed by atoms with Crippen LogP contribution in [0, 0.1) is 0 Å². The lowest BCUT2D eigenvalue weighted by Crippen LogP contribution is -2.20. The summed E-state index contributed by atoms with van der Waals surface area (Å²) >= 11 is 0. The monoisotopic (exact) mass is 206 g/mol. The van der Waals surface area contributed by atoms with Gasteiger partial charge in [-0.1, -0.05) is 6.42 Å².